The third-order valence-electron chi connectivity index (χ3n) is 0.925. The molecule has 0 N–H and O–H groups in total. The average Bonchev–Trinajstić information content (AvgIpc) is 1.62. The van der Waals surface area contributed by atoms with Crippen LogP contribution in [-0.2, 0) is 4.79 Å². The molecule has 0 saturated carbocycles. The van der Waals surface area contributed by atoms with Crippen LogP contribution in [0.2, 0.25) is 19.6 Å². The molecule has 0 spiro atoms. The van der Waals surface area contributed by atoms with Crippen molar-refractivity contribution in [3.05, 3.63) is 12.7 Å². The van der Waals surface area contributed by atoms with Gasteiger partial charge in [-0.2, -0.15) is 0 Å². The molecule has 8 heavy (non-hydrogen) atoms. The molecule has 0 aliphatic heterocycles. The molecule has 0 rings (SSSR count). The largest absolute Gasteiger partial charge is 0.301 e. The third-order valence-corrected chi connectivity index (χ3v) is 2.61. The lowest BCUT2D eigenvalue weighted by Crippen LogP contribution is -2.31. The lowest BCUT2D eigenvalue weighted by molar-refractivity contribution is -0.108. The molecule has 2 heteroatoms. The van der Waals surface area contributed by atoms with Crippen molar-refractivity contribution in [2.75, 3.05) is 0 Å². The van der Waals surface area contributed by atoms with Crippen LogP contribution in [-0.4, -0.2) is 13.5 Å². The zero-order chi connectivity index (χ0) is 6.78. The molecule has 0 amide bonds. The SMILES string of the molecule is C=CC(=O)[Si](C)(C)C. The van der Waals surface area contributed by atoms with E-state index in [1.165, 1.54) is 6.08 Å². The van der Waals surface area contributed by atoms with Gasteiger partial charge in [0.15, 0.2) is 0 Å². The highest BCUT2D eigenvalue weighted by Gasteiger charge is 2.20. The number of allylic oxidation sites excluding steroid dienone is 1. The number of hydrogen-bond donors (Lipinski definition) is 0. The molecule has 1 nitrogen and oxygen atoms in total. The molecule has 0 saturated heterocycles. The predicted octanol–water partition coefficient (Wildman–Crippen LogP) is 1.62. The standard InChI is InChI=1S/C6H12OSi/c1-5-6(7)8(2,3)4/h5H,1H2,2-4H3. The molecule has 0 heterocycles. The number of carbonyl (C=O) groups excluding carboxylic acids is 1. The van der Waals surface area contributed by atoms with Crippen LogP contribution in [0.4, 0.5) is 0 Å². The first-order valence-electron chi connectivity index (χ1n) is 2.65. The minimum atomic E-state index is -1.52. The maximum atomic E-state index is 10.8. The normalized spacial score (nSPS) is 10.9. The van der Waals surface area contributed by atoms with Gasteiger partial charge in [0, 0.05) is 0 Å². The summed E-state index contributed by atoms with van der Waals surface area (Å²) in [5.74, 6) is 0. The van der Waals surface area contributed by atoms with E-state index in [1.807, 2.05) is 19.6 Å². The number of hydrogen-bond acceptors (Lipinski definition) is 1. The van der Waals surface area contributed by atoms with Gasteiger partial charge < -0.3 is 4.79 Å². The monoisotopic (exact) mass is 128 g/mol. The lowest BCUT2D eigenvalue weighted by Gasteiger charge is -2.08. The molecular formula is C6H12OSi. The zero-order valence-corrected chi connectivity index (χ0v) is 6.69. The summed E-state index contributed by atoms with van der Waals surface area (Å²) in [6, 6.07) is 0. The maximum absolute atomic E-state index is 10.8. The molecule has 0 radical (unpaired) electrons. The second-order valence-electron chi connectivity index (χ2n) is 2.82. The molecule has 0 aromatic heterocycles. The van der Waals surface area contributed by atoms with Crippen molar-refractivity contribution in [2.45, 2.75) is 19.6 Å². The summed E-state index contributed by atoms with van der Waals surface area (Å²) in [4.78, 5) is 10.8. The van der Waals surface area contributed by atoms with Crippen molar-refractivity contribution in [1.82, 2.24) is 0 Å². The van der Waals surface area contributed by atoms with Gasteiger partial charge in [0.1, 0.15) is 13.5 Å². The van der Waals surface area contributed by atoms with E-state index < -0.39 is 8.07 Å². The lowest BCUT2D eigenvalue weighted by atomic mass is 10.7. The van der Waals surface area contributed by atoms with Gasteiger partial charge in [0.25, 0.3) is 0 Å². The van der Waals surface area contributed by atoms with Crippen LogP contribution in [0.5, 0.6) is 0 Å². The van der Waals surface area contributed by atoms with E-state index in [2.05, 4.69) is 6.58 Å². The summed E-state index contributed by atoms with van der Waals surface area (Å²) >= 11 is 0. The Morgan fingerprint density at radius 3 is 1.88 bits per heavy atom. The van der Waals surface area contributed by atoms with Gasteiger partial charge in [0.2, 0.25) is 0 Å². The van der Waals surface area contributed by atoms with Crippen LogP contribution < -0.4 is 0 Å². The Labute approximate surface area is 51.4 Å². The molecule has 0 unspecified atom stereocenters. The Hall–Kier alpha value is -0.373. The Morgan fingerprint density at radius 1 is 1.50 bits per heavy atom. The van der Waals surface area contributed by atoms with Crippen molar-refractivity contribution in [2.24, 2.45) is 0 Å². The summed E-state index contributed by atoms with van der Waals surface area (Å²) in [6.07, 6.45) is 1.42. The highest BCUT2D eigenvalue weighted by molar-refractivity contribution is 7.04. The van der Waals surface area contributed by atoms with Crippen LogP contribution in [0, 0.1) is 0 Å². The average molecular weight is 128 g/mol. The van der Waals surface area contributed by atoms with E-state index in [0.29, 0.717) is 0 Å². The molecule has 0 aromatic carbocycles. The second kappa shape index (κ2) is 2.26. The fourth-order valence-electron chi connectivity index (χ4n) is 0.306. The van der Waals surface area contributed by atoms with Crippen molar-refractivity contribution in [3.63, 3.8) is 0 Å². The van der Waals surface area contributed by atoms with E-state index in [4.69, 9.17) is 0 Å². The first kappa shape index (κ1) is 7.63. The predicted molar refractivity (Wildman–Crippen MR) is 38.6 cm³/mol. The number of carbonyl (C=O) groups is 1. The van der Waals surface area contributed by atoms with Crippen LogP contribution >= 0.6 is 0 Å². The van der Waals surface area contributed by atoms with Crippen LogP contribution in [0.3, 0.4) is 0 Å². The smallest absolute Gasteiger partial charge is 0.132 e. The van der Waals surface area contributed by atoms with Gasteiger partial charge in [-0.1, -0.05) is 26.2 Å². The van der Waals surface area contributed by atoms with E-state index in [9.17, 15) is 4.79 Å². The summed E-state index contributed by atoms with van der Waals surface area (Å²) in [7, 11) is -1.52. The fourth-order valence-corrected chi connectivity index (χ4v) is 0.919. The van der Waals surface area contributed by atoms with E-state index >= 15 is 0 Å². The zero-order valence-electron chi connectivity index (χ0n) is 5.69. The minimum Gasteiger partial charge on any atom is -0.301 e. The Kier molecular flexibility index (Phi) is 2.16. The summed E-state index contributed by atoms with van der Waals surface area (Å²) in [5.41, 5.74) is 0. The highest BCUT2D eigenvalue weighted by Crippen LogP contribution is 2.01. The van der Waals surface area contributed by atoms with Gasteiger partial charge >= 0.3 is 0 Å². The summed E-state index contributed by atoms with van der Waals surface area (Å²) in [5, 5.41) is 0.234. The Balaban J connectivity index is 4.02. The molecule has 0 aromatic rings. The van der Waals surface area contributed by atoms with Crippen molar-refractivity contribution >= 4 is 13.5 Å². The van der Waals surface area contributed by atoms with Gasteiger partial charge in [-0.25, -0.2) is 0 Å². The van der Waals surface area contributed by atoms with Gasteiger partial charge in [0.05, 0.1) is 0 Å². The molecular weight excluding hydrogens is 116 g/mol. The maximum Gasteiger partial charge on any atom is 0.132 e. The van der Waals surface area contributed by atoms with Crippen molar-refractivity contribution < 1.29 is 4.79 Å². The van der Waals surface area contributed by atoms with Crippen LogP contribution in [0.25, 0.3) is 0 Å². The Bertz CT molecular complexity index is 110. The van der Waals surface area contributed by atoms with Gasteiger partial charge in [-0.05, 0) is 6.08 Å². The van der Waals surface area contributed by atoms with Crippen LogP contribution in [0.15, 0.2) is 12.7 Å². The van der Waals surface area contributed by atoms with E-state index in [-0.39, 0.29) is 5.41 Å². The molecule has 0 bridgehead atoms. The minimum absolute atomic E-state index is 0.234. The van der Waals surface area contributed by atoms with Gasteiger partial charge in [-0.3, -0.25) is 0 Å². The molecule has 0 fully saturated rings. The highest BCUT2D eigenvalue weighted by atomic mass is 28.3. The van der Waals surface area contributed by atoms with Crippen molar-refractivity contribution in [1.29, 1.82) is 0 Å². The van der Waals surface area contributed by atoms with Gasteiger partial charge in [-0.15, -0.1) is 0 Å². The summed E-state index contributed by atoms with van der Waals surface area (Å²) < 4.78 is 0. The summed E-state index contributed by atoms with van der Waals surface area (Å²) in [6.45, 7) is 9.45. The second-order valence-corrected chi connectivity index (χ2v) is 7.81. The molecule has 46 valence electrons. The molecule has 0 aliphatic rings. The molecule has 0 aliphatic carbocycles. The number of rotatable bonds is 2. The first-order chi connectivity index (χ1) is 3.48. The van der Waals surface area contributed by atoms with E-state index in [0.717, 1.165) is 0 Å². The van der Waals surface area contributed by atoms with Crippen molar-refractivity contribution in [3.8, 4) is 0 Å². The fraction of sp³-hybridized carbons (Fsp3) is 0.500. The molecule has 0 atom stereocenters. The Morgan fingerprint density at radius 2 is 1.88 bits per heavy atom. The van der Waals surface area contributed by atoms with Crippen LogP contribution in [0.1, 0.15) is 0 Å². The van der Waals surface area contributed by atoms with E-state index in [1.54, 1.807) is 0 Å². The third kappa shape index (κ3) is 2.07. The first-order valence-corrected chi connectivity index (χ1v) is 6.15. The quantitative estimate of drug-likeness (QED) is 0.408. The topological polar surface area (TPSA) is 17.1 Å².